The average molecular weight is 670 g/mol. The van der Waals surface area contributed by atoms with Crippen molar-refractivity contribution in [3.63, 3.8) is 0 Å². The van der Waals surface area contributed by atoms with Crippen LogP contribution in [0.3, 0.4) is 0 Å². The number of unbranched alkanes of at least 4 members (excludes halogenated alkanes) is 24. The molecule has 0 rings (SSSR count). The lowest BCUT2D eigenvalue weighted by Crippen LogP contribution is -2.32. The first-order valence-electron chi connectivity index (χ1n) is 19.6. The molecular weight excluding hydrogens is 594 g/mol. The summed E-state index contributed by atoms with van der Waals surface area (Å²) in [4.78, 5) is 36.4. The van der Waals surface area contributed by atoms with Crippen LogP contribution in [0.2, 0.25) is 0 Å². The number of hydrogen-bond acceptors (Lipinski definition) is 7. The highest BCUT2D eigenvalue weighted by Gasteiger charge is 2.18. The molecule has 0 unspecified atom stereocenters. The molecule has 0 spiro atoms. The van der Waals surface area contributed by atoms with Crippen LogP contribution in [-0.4, -0.2) is 48.0 Å². The van der Waals surface area contributed by atoms with Gasteiger partial charge < -0.3 is 15.2 Å². The molecule has 7 heteroatoms. The monoisotopic (exact) mass is 670 g/mol. The number of carbonyl (C=O) groups excluding carboxylic acids is 3. The van der Waals surface area contributed by atoms with Crippen molar-refractivity contribution in [3.05, 3.63) is 0 Å². The first-order valence-corrected chi connectivity index (χ1v) is 20.7. The fraction of sp³-hybridized carbons (Fsp3) is 0.923. The third kappa shape index (κ3) is 32.8. The third-order valence-corrected chi connectivity index (χ3v) is 10.0. The molecule has 272 valence electrons. The summed E-state index contributed by atoms with van der Waals surface area (Å²) >= 11 is 1.46. The van der Waals surface area contributed by atoms with Crippen LogP contribution < -0.4 is 5.73 Å². The molecule has 2 atom stereocenters. The second-order valence-electron chi connectivity index (χ2n) is 13.5. The summed E-state index contributed by atoms with van der Waals surface area (Å²) in [6.45, 7) is 6.06. The Kier molecular flexibility index (Phi) is 34.4. The fourth-order valence-corrected chi connectivity index (χ4v) is 6.69. The molecule has 0 saturated carbocycles. The van der Waals surface area contributed by atoms with Crippen molar-refractivity contribution in [3.8, 4) is 0 Å². The summed E-state index contributed by atoms with van der Waals surface area (Å²) in [5, 5.41) is 0. The van der Waals surface area contributed by atoms with E-state index in [0.29, 0.717) is 24.3 Å². The van der Waals surface area contributed by atoms with Gasteiger partial charge in [0.15, 0.2) is 0 Å². The van der Waals surface area contributed by atoms with Crippen LogP contribution in [0.4, 0.5) is 0 Å². The van der Waals surface area contributed by atoms with Crippen LogP contribution in [0.25, 0.3) is 0 Å². The van der Waals surface area contributed by atoms with Crippen LogP contribution in [0, 0.1) is 0 Å². The van der Waals surface area contributed by atoms with E-state index in [1.54, 1.807) is 0 Å². The van der Waals surface area contributed by atoms with Gasteiger partial charge in [0.05, 0.1) is 6.04 Å². The summed E-state index contributed by atoms with van der Waals surface area (Å²) < 4.78 is 11.2. The van der Waals surface area contributed by atoms with Crippen molar-refractivity contribution < 1.29 is 23.9 Å². The topological polar surface area (TPSA) is 95.7 Å². The van der Waals surface area contributed by atoms with Crippen molar-refractivity contribution in [2.45, 2.75) is 213 Å². The molecule has 0 aliphatic rings. The van der Waals surface area contributed by atoms with E-state index in [1.807, 2.05) is 0 Å². The first kappa shape index (κ1) is 44.9. The Morgan fingerprint density at radius 1 is 0.522 bits per heavy atom. The molecule has 0 fully saturated rings. The lowest BCUT2D eigenvalue weighted by molar-refractivity contribution is -0.157. The molecule has 0 aromatic heterocycles. The molecule has 0 heterocycles. The van der Waals surface area contributed by atoms with Gasteiger partial charge in [0.1, 0.15) is 18.5 Å². The Hall–Kier alpha value is -1.08. The summed E-state index contributed by atoms with van der Waals surface area (Å²) in [5.74, 6) is 0.378. The maximum Gasteiger partial charge on any atom is 0.306 e. The Labute approximate surface area is 289 Å². The van der Waals surface area contributed by atoms with Crippen molar-refractivity contribution in [1.82, 2.24) is 0 Å². The van der Waals surface area contributed by atoms with E-state index in [2.05, 4.69) is 13.8 Å². The third-order valence-electron chi connectivity index (χ3n) is 8.82. The van der Waals surface area contributed by atoms with Gasteiger partial charge in [0.2, 0.25) is 0 Å². The molecule has 0 bridgehead atoms. The summed E-state index contributed by atoms with van der Waals surface area (Å²) in [6, 6.07) is -0.537. The molecule has 6 nitrogen and oxygen atoms in total. The number of ether oxygens (including phenoxy) is 2. The largest absolute Gasteiger partial charge is 0.462 e. The van der Waals surface area contributed by atoms with Crippen LogP contribution in [-0.2, 0) is 23.9 Å². The van der Waals surface area contributed by atoms with E-state index in [9.17, 15) is 14.4 Å². The normalized spacial score (nSPS) is 12.6. The predicted molar refractivity (Wildman–Crippen MR) is 197 cm³/mol. The van der Waals surface area contributed by atoms with Crippen molar-refractivity contribution >= 4 is 29.5 Å². The van der Waals surface area contributed by atoms with Gasteiger partial charge >= 0.3 is 11.9 Å². The first-order chi connectivity index (χ1) is 22.4. The molecule has 2 N–H and O–H groups in total. The summed E-state index contributed by atoms with van der Waals surface area (Å²) in [7, 11) is 0. The summed E-state index contributed by atoms with van der Waals surface area (Å²) in [6.07, 6.45) is 33.1. The second kappa shape index (κ2) is 35.2. The fourth-order valence-electron chi connectivity index (χ4n) is 5.64. The number of rotatable bonds is 36. The molecular formula is C39H75NO5S. The van der Waals surface area contributed by atoms with Gasteiger partial charge in [-0.3, -0.25) is 14.4 Å². The number of carbonyl (C=O) groups is 3. The molecule has 0 saturated heterocycles. The Morgan fingerprint density at radius 3 is 1.24 bits per heavy atom. The highest BCUT2D eigenvalue weighted by molar-refractivity contribution is 7.99. The average Bonchev–Trinajstić information content (AvgIpc) is 3.04. The van der Waals surface area contributed by atoms with Crippen LogP contribution in [0.15, 0.2) is 0 Å². The molecule has 0 aromatic rings. The lowest BCUT2D eigenvalue weighted by Gasteiger charge is -2.18. The van der Waals surface area contributed by atoms with Gasteiger partial charge in [0.25, 0.3) is 0 Å². The Morgan fingerprint density at radius 2 is 0.870 bits per heavy atom. The molecule has 0 aliphatic carbocycles. The number of hydrogen-bond donors (Lipinski definition) is 1. The number of ketones is 1. The minimum absolute atomic E-state index is 0.0595. The standard InChI is InChI=1S/C39H75NO5S/c1-4-6-8-10-12-14-16-18-20-22-24-26-28-30-38(42)44-32-36(33-46-34-37(40)35(3)41)45-39(43)31-29-27-25-23-21-19-17-15-13-11-9-7-5-2/h36-37H,4-34,40H2,1-3H3/t36-,37-/m0/s1. The summed E-state index contributed by atoms with van der Waals surface area (Å²) in [5.41, 5.74) is 5.86. The zero-order valence-electron chi connectivity index (χ0n) is 30.6. The SMILES string of the molecule is CCCCCCCCCCCCCCCC(=O)OC[C@@H](CSC[C@H](N)C(C)=O)OC(=O)CCCCCCCCCCCCCCC. The minimum Gasteiger partial charge on any atom is -0.462 e. The highest BCUT2D eigenvalue weighted by Crippen LogP contribution is 2.16. The smallest absolute Gasteiger partial charge is 0.306 e. The number of Topliss-reactive ketones (excluding diaryl/α,β-unsaturated/α-hetero) is 1. The van der Waals surface area contributed by atoms with Crippen LogP contribution in [0.5, 0.6) is 0 Å². The molecule has 46 heavy (non-hydrogen) atoms. The van der Waals surface area contributed by atoms with Crippen LogP contribution in [0.1, 0.15) is 201 Å². The zero-order chi connectivity index (χ0) is 33.9. The van der Waals surface area contributed by atoms with E-state index >= 15 is 0 Å². The molecule has 0 radical (unpaired) electrons. The van der Waals surface area contributed by atoms with E-state index < -0.39 is 12.1 Å². The van der Waals surface area contributed by atoms with Crippen molar-refractivity contribution in [2.24, 2.45) is 5.73 Å². The lowest BCUT2D eigenvalue weighted by atomic mass is 10.0. The van der Waals surface area contributed by atoms with E-state index in [0.717, 1.165) is 38.5 Å². The van der Waals surface area contributed by atoms with E-state index in [1.165, 1.54) is 147 Å². The number of nitrogens with two attached hydrogens (primary N) is 1. The highest BCUT2D eigenvalue weighted by atomic mass is 32.2. The van der Waals surface area contributed by atoms with Gasteiger partial charge in [-0.25, -0.2) is 0 Å². The van der Waals surface area contributed by atoms with Gasteiger partial charge in [-0.15, -0.1) is 0 Å². The van der Waals surface area contributed by atoms with E-state index in [-0.39, 0.29) is 24.3 Å². The maximum absolute atomic E-state index is 12.6. The molecule has 0 aromatic carbocycles. The maximum atomic E-state index is 12.6. The van der Waals surface area contributed by atoms with E-state index in [4.69, 9.17) is 15.2 Å². The zero-order valence-corrected chi connectivity index (χ0v) is 31.4. The number of esters is 2. The van der Waals surface area contributed by atoms with Gasteiger partial charge in [-0.1, -0.05) is 168 Å². The Bertz CT molecular complexity index is 704. The van der Waals surface area contributed by atoms with Crippen molar-refractivity contribution in [2.75, 3.05) is 18.1 Å². The Balaban J connectivity index is 4.06. The number of thioether (sulfide) groups is 1. The predicted octanol–water partition coefficient (Wildman–Crippen LogP) is 11.1. The van der Waals surface area contributed by atoms with Gasteiger partial charge in [-0.05, 0) is 19.8 Å². The van der Waals surface area contributed by atoms with Crippen molar-refractivity contribution in [1.29, 1.82) is 0 Å². The molecule has 0 amide bonds. The van der Waals surface area contributed by atoms with Gasteiger partial charge in [0, 0.05) is 24.3 Å². The quantitative estimate of drug-likeness (QED) is 0.0524. The molecule has 0 aliphatic heterocycles. The minimum atomic E-state index is -0.537. The van der Waals surface area contributed by atoms with Gasteiger partial charge in [-0.2, -0.15) is 11.8 Å². The van der Waals surface area contributed by atoms with Crippen LogP contribution >= 0.6 is 11.8 Å². The second-order valence-corrected chi connectivity index (χ2v) is 14.6.